The van der Waals surface area contributed by atoms with Gasteiger partial charge in [0.1, 0.15) is 16.9 Å². The zero-order valence-electron chi connectivity index (χ0n) is 15.6. The number of ether oxygens (including phenoxy) is 1. The SMILES string of the molecule is CCOC(=O)c1c(-c2ccccc2)nn(CC)c(=O)c1Nc1cccc(Cl)c1. The second-order valence-electron chi connectivity index (χ2n) is 5.94. The van der Waals surface area contributed by atoms with Gasteiger partial charge in [0, 0.05) is 22.8 Å². The van der Waals surface area contributed by atoms with Crippen LogP contribution in [0.2, 0.25) is 5.02 Å². The Morgan fingerprint density at radius 1 is 1.14 bits per heavy atom. The molecule has 0 aliphatic carbocycles. The predicted octanol–water partition coefficient (Wildman–Crippen LogP) is 4.50. The van der Waals surface area contributed by atoms with Crippen LogP contribution in [0.3, 0.4) is 0 Å². The fourth-order valence-corrected chi connectivity index (χ4v) is 3.00. The number of hydrogen-bond donors (Lipinski definition) is 1. The largest absolute Gasteiger partial charge is 0.462 e. The van der Waals surface area contributed by atoms with Crippen LogP contribution in [0.5, 0.6) is 0 Å². The Morgan fingerprint density at radius 2 is 1.89 bits per heavy atom. The minimum atomic E-state index is -0.612. The molecule has 0 fully saturated rings. The van der Waals surface area contributed by atoms with Crippen LogP contribution in [0.25, 0.3) is 11.3 Å². The van der Waals surface area contributed by atoms with Gasteiger partial charge in [0.05, 0.1) is 6.61 Å². The summed E-state index contributed by atoms with van der Waals surface area (Å²) in [6.07, 6.45) is 0. The van der Waals surface area contributed by atoms with Gasteiger partial charge in [-0.3, -0.25) is 4.79 Å². The first kappa shape index (κ1) is 19.6. The van der Waals surface area contributed by atoms with Crippen molar-refractivity contribution in [2.45, 2.75) is 20.4 Å². The number of nitrogens with zero attached hydrogens (tertiary/aromatic N) is 2. The highest BCUT2D eigenvalue weighted by molar-refractivity contribution is 6.30. The molecular weight excluding hydrogens is 378 g/mol. The van der Waals surface area contributed by atoms with Crippen LogP contribution in [0.1, 0.15) is 24.2 Å². The van der Waals surface area contributed by atoms with Crippen molar-refractivity contribution < 1.29 is 9.53 Å². The van der Waals surface area contributed by atoms with Gasteiger partial charge < -0.3 is 10.1 Å². The number of esters is 1. The molecule has 0 aliphatic rings. The number of aryl methyl sites for hydroxylation is 1. The van der Waals surface area contributed by atoms with Crippen molar-refractivity contribution in [1.29, 1.82) is 0 Å². The summed E-state index contributed by atoms with van der Waals surface area (Å²) in [5, 5.41) is 7.98. The third-order valence-corrected chi connectivity index (χ3v) is 4.31. The average molecular weight is 398 g/mol. The van der Waals surface area contributed by atoms with Crippen LogP contribution < -0.4 is 10.9 Å². The van der Waals surface area contributed by atoms with Crippen molar-refractivity contribution in [3.8, 4) is 11.3 Å². The van der Waals surface area contributed by atoms with E-state index in [2.05, 4.69) is 10.4 Å². The van der Waals surface area contributed by atoms with Crippen LogP contribution in [-0.4, -0.2) is 22.4 Å². The first-order valence-electron chi connectivity index (χ1n) is 8.95. The van der Waals surface area contributed by atoms with Gasteiger partial charge in [0.2, 0.25) is 0 Å². The Balaban J connectivity index is 2.28. The lowest BCUT2D eigenvalue weighted by molar-refractivity contribution is 0.0527. The lowest BCUT2D eigenvalue weighted by Crippen LogP contribution is -2.29. The summed E-state index contributed by atoms with van der Waals surface area (Å²) in [7, 11) is 0. The summed E-state index contributed by atoms with van der Waals surface area (Å²) in [6, 6.07) is 16.1. The Morgan fingerprint density at radius 3 is 2.54 bits per heavy atom. The van der Waals surface area contributed by atoms with Crippen LogP contribution in [-0.2, 0) is 11.3 Å². The number of halogens is 1. The van der Waals surface area contributed by atoms with Gasteiger partial charge in [-0.25, -0.2) is 9.48 Å². The van der Waals surface area contributed by atoms with E-state index in [4.69, 9.17) is 16.3 Å². The molecule has 1 heterocycles. The predicted molar refractivity (Wildman–Crippen MR) is 110 cm³/mol. The van der Waals surface area contributed by atoms with Gasteiger partial charge in [-0.2, -0.15) is 5.10 Å². The molecule has 0 saturated carbocycles. The summed E-state index contributed by atoms with van der Waals surface area (Å²) >= 11 is 6.06. The number of benzene rings is 2. The van der Waals surface area contributed by atoms with Gasteiger partial charge in [-0.1, -0.05) is 48.0 Å². The molecule has 0 aliphatic heterocycles. The van der Waals surface area contributed by atoms with Crippen LogP contribution >= 0.6 is 11.6 Å². The van der Waals surface area contributed by atoms with Gasteiger partial charge in [0.15, 0.2) is 0 Å². The molecule has 0 saturated heterocycles. The summed E-state index contributed by atoms with van der Waals surface area (Å²) in [6.45, 7) is 4.06. The van der Waals surface area contributed by atoms with E-state index in [1.165, 1.54) is 4.68 Å². The molecule has 0 amide bonds. The standard InChI is InChI=1S/C21H20ClN3O3/c1-3-25-20(26)19(23-16-12-8-11-15(22)13-16)17(21(27)28-4-2)18(24-25)14-9-6-5-7-10-14/h5-13,23H,3-4H2,1-2H3. The molecule has 7 heteroatoms. The van der Waals surface area contributed by atoms with Crippen LogP contribution in [0.4, 0.5) is 11.4 Å². The van der Waals surface area contributed by atoms with Crippen molar-refractivity contribution in [1.82, 2.24) is 9.78 Å². The van der Waals surface area contributed by atoms with Gasteiger partial charge >= 0.3 is 5.97 Å². The molecule has 3 rings (SSSR count). The smallest absolute Gasteiger partial charge is 0.342 e. The number of nitrogens with one attached hydrogen (secondary N) is 1. The maximum absolute atomic E-state index is 13.0. The minimum absolute atomic E-state index is 0.0997. The molecule has 0 atom stereocenters. The molecule has 0 radical (unpaired) electrons. The molecule has 0 unspecified atom stereocenters. The normalized spacial score (nSPS) is 10.5. The molecule has 0 spiro atoms. The van der Waals surface area contributed by atoms with E-state index in [9.17, 15) is 9.59 Å². The maximum Gasteiger partial charge on any atom is 0.342 e. The topological polar surface area (TPSA) is 73.2 Å². The number of hydrogen-bond acceptors (Lipinski definition) is 5. The quantitative estimate of drug-likeness (QED) is 0.620. The van der Waals surface area contributed by atoms with E-state index in [1.807, 2.05) is 37.3 Å². The van der Waals surface area contributed by atoms with E-state index in [1.54, 1.807) is 31.2 Å². The van der Waals surface area contributed by atoms with E-state index in [-0.39, 0.29) is 17.9 Å². The lowest BCUT2D eigenvalue weighted by atomic mass is 10.0. The van der Waals surface area contributed by atoms with Crippen molar-refractivity contribution in [3.63, 3.8) is 0 Å². The summed E-state index contributed by atoms with van der Waals surface area (Å²) < 4.78 is 6.54. The maximum atomic E-state index is 13.0. The molecule has 0 bridgehead atoms. The molecule has 144 valence electrons. The lowest BCUT2D eigenvalue weighted by Gasteiger charge is -2.17. The highest BCUT2D eigenvalue weighted by atomic mass is 35.5. The van der Waals surface area contributed by atoms with E-state index in [0.717, 1.165) is 0 Å². The molecule has 1 N–H and O–H groups in total. The molecular formula is C21H20ClN3O3. The van der Waals surface area contributed by atoms with Crippen LogP contribution in [0.15, 0.2) is 59.4 Å². The summed E-state index contributed by atoms with van der Waals surface area (Å²) in [4.78, 5) is 25.8. The molecule has 2 aromatic carbocycles. The minimum Gasteiger partial charge on any atom is -0.462 e. The summed E-state index contributed by atoms with van der Waals surface area (Å²) in [5.41, 5.74) is 1.47. The Kier molecular flexibility index (Phi) is 6.11. The van der Waals surface area contributed by atoms with Crippen LogP contribution in [0, 0.1) is 0 Å². The Hall–Kier alpha value is -3.12. The van der Waals surface area contributed by atoms with Crippen molar-refractivity contribution in [2.24, 2.45) is 0 Å². The number of aromatic nitrogens is 2. The van der Waals surface area contributed by atoms with E-state index in [0.29, 0.717) is 28.5 Å². The number of carbonyl (C=O) groups excluding carboxylic acids is 1. The third-order valence-electron chi connectivity index (χ3n) is 4.08. The molecule has 3 aromatic rings. The highest BCUT2D eigenvalue weighted by Gasteiger charge is 2.25. The van der Waals surface area contributed by atoms with E-state index >= 15 is 0 Å². The molecule has 1 aromatic heterocycles. The third kappa shape index (κ3) is 4.07. The molecule has 28 heavy (non-hydrogen) atoms. The van der Waals surface area contributed by atoms with E-state index < -0.39 is 11.5 Å². The average Bonchev–Trinajstić information content (AvgIpc) is 2.70. The Bertz CT molecular complexity index is 1050. The first-order valence-corrected chi connectivity index (χ1v) is 9.33. The second-order valence-corrected chi connectivity index (χ2v) is 6.38. The van der Waals surface area contributed by atoms with Gasteiger partial charge in [0.25, 0.3) is 5.56 Å². The van der Waals surface area contributed by atoms with Gasteiger partial charge in [-0.15, -0.1) is 0 Å². The zero-order valence-corrected chi connectivity index (χ0v) is 16.4. The molecule has 6 nitrogen and oxygen atoms in total. The number of carbonyl (C=O) groups is 1. The van der Waals surface area contributed by atoms with Crippen molar-refractivity contribution in [2.75, 3.05) is 11.9 Å². The fourth-order valence-electron chi connectivity index (χ4n) is 2.81. The second kappa shape index (κ2) is 8.71. The zero-order chi connectivity index (χ0) is 20.1. The van der Waals surface area contributed by atoms with Gasteiger partial charge in [-0.05, 0) is 32.0 Å². The monoisotopic (exact) mass is 397 g/mol. The number of rotatable bonds is 6. The Labute approximate surface area is 167 Å². The highest BCUT2D eigenvalue weighted by Crippen LogP contribution is 2.28. The van der Waals surface area contributed by atoms with Crippen molar-refractivity contribution in [3.05, 3.63) is 75.5 Å². The van der Waals surface area contributed by atoms with Crippen molar-refractivity contribution >= 4 is 28.9 Å². The number of anilines is 2. The fraction of sp³-hybridized carbons (Fsp3) is 0.190. The first-order chi connectivity index (χ1) is 13.5. The summed E-state index contributed by atoms with van der Waals surface area (Å²) in [5.74, 6) is -0.612.